The third-order valence-electron chi connectivity index (χ3n) is 4.29. The molecular weight excluding hydrogens is 296 g/mol. The molecule has 7 nitrogen and oxygen atoms in total. The number of carbonyl (C=O) groups excluding carboxylic acids is 2. The molecule has 2 amide bonds. The Morgan fingerprint density at radius 3 is 3.09 bits per heavy atom. The van der Waals surface area contributed by atoms with Gasteiger partial charge in [0.2, 0.25) is 0 Å². The number of rotatable bonds is 3. The number of nitriles is 1. The van der Waals surface area contributed by atoms with Crippen molar-refractivity contribution >= 4 is 17.5 Å². The van der Waals surface area contributed by atoms with Gasteiger partial charge >= 0.3 is 0 Å². The first-order valence-electron chi connectivity index (χ1n) is 7.55. The van der Waals surface area contributed by atoms with Crippen molar-refractivity contribution in [3.8, 4) is 11.9 Å². The normalized spacial score (nSPS) is 19.8. The Hall–Kier alpha value is -2.75. The van der Waals surface area contributed by atoms with Crippen molar-refractivity contribution < 1.29 is 14.3 Å². The summed E-state index contributed by atoms with van der Waals surface area (Å²) in [4.78, 5) is 27.2. The first kappa shape index (κ1) is 15.2. The molecule has 1 saturated heterocycles. The minimum absolute atomic E-state index is 0.0200. The monoisotopic (exact) mass is 314 g/mol. The lowest BCUT2D eigenvalue weighted by Crippen LogP contribution is -2.36. The average molecular weight is 314 g/mol. The maximum Gasteiger partial charge on any atom is 0.264 e. The molecule has 1 aromatic carbocycles. The van der Waals surface area contributed by atoms with Gasteiger partial charge in [0.05, 0.1) is 5.69 Å². The average Bonchev–Trinajstić information content (AvgIpc) is 3.04. The number of hydrogen-bond acceptors (Lipinski definition) is 5. The lowest BCUT2D eigenvalue weighted by molar-refractivity contribution is -0.120. The van der Waals surface area contributed by atoms with Gasteiger partial charge in [0.15, 0.2) is 12.8 Å². The maximum absolute atomic E-state index is 12.3. The van der Waals surface area contributed by atoms with Crippen LogP contribution in [0.4, 0.5) is 5.69 Å². The zero-order valence-corrected chi connectivity index (χ0v) is 12.9. The van der Waals surface area contributed by atoms with Gasteiger partial charge in [0, 0.05) is 32.2 Å². The molecule has 1 unspecified atom stereocenters. The Morgan fingerprint density at radius 1 is 1.52 bits per heavy atom. The van der Waals surface area contributed by atoms with E-state index in [0.717, 1.165) is 13.0 Å². The van der Waals surface area contributed by atoms with E-state index in [9.17, 15) is 9.59 Å². The Balaban J connectivity index is 1.64. The Morgan fingerprint density at radius 2 is 2.35 bits per heavy atom. The van der Waals surface area contributed by atoms with E-state index in [-0.39, 0.29) is 18.4 Å². The summed E-state index contributed by atoms with van der Waals surface area (Å²) >= 11 is 0. The van der Waals surface area contributed by atoms with Crippen molar-refractivity contribution in [2.75, 3.05) is 38.2 Å². The summed E-state index contributed by atoms with van der Waals surface area (Å²) in [5.41, 5.74) is 1.09. The number of ether oxygens (including phenoxy) is 1. The van der Waals surface area contributed by atoms with Crippen molar-refractivity contribution in [1.29, 1.82) is 5.26 Å². The standard InChI is InChI=1S/C16H18N4O3/c1-19-13-6-12(2-3-14(13)23-9-15(19)21)16(22)18-7-11-4-5-20(8-11)10-17/h2-3,6,11H,4-5,7-9H2,1H3,(H,18,22). The van der Waals surface area contributed by atoms with Gasteiger partial charge in [-0.15, -0.1) is 0 Å². The van der Waals surface area contributed by atoms with Gasteiger partial charge in [0.25, 0.3) is 11.8 Å². The van der Waals surface area contributed by atoms with Crippen LogP contribution in [0.5, 0.6) is 5.75 Å². The van der Waals surface area contributed by atoms with Crippen LogP contribution in [0.2, 0.25) is 0 Å². The van der Waals surface area contributed by atoms with Gasteiger partial charge in [-0.2, -0.15) is 5.26 Å². The number of benzene rings is 1. The number of anilines is 1. The zero-order valence-electron chi connectivity index (χ0n) is 12.9. The van der Waals surface area contributed by atoms with Gasteiger partial charge in [-0.05, 0) is 30.5 Å². The highest BCUT2D eigenvalue weighted by Crippen LogP contribution is 2.31. The van der Waals surface area contributed by atoms with Crippen molar-refractivity contribution in [1.82, 2.24) is 10.2 Å². The Kier molecular flexibility index (Phi) is 4.06. The summed E-state index contributed by atoms with van der Waals surface area (Å²) in [5, 5.41) is 11.7. The van der Waals surface area contributed by atoms with Gasteiger partial charge in [-0.1, -0.05) is 0 Å². The lowest BCUT2D eigenvalue weighted by Gasteiger charge is -2.26. The van der Waals surface area contributed by atoms with Crippen molar-refractivity contribution in [3.05, 3.63) is 23.8 Å². The van der Waals surface area contributed by atoms with Crippen LogP contribution >= 0.6 is 0 Å². The van der Waals surface area contributed by atoms with Crippen LogP contribution in [-0.4, -0.2) is 50.0 Å². The van der Waals surface area contributed by atoms with Crippen LogP contribution in [0.15, 0.2) is 18.2 Å². The van der Waals surface area contributed by atoms with Crippen molar-refractivity contribution in [2.45, 2.75) is 6.42 Å². The van der Waals surface area contributed by atoms with Gasteiger partial charge in [-0.25, -0.2) is 0 Å². The molecule has 1 aromatic rings. The van der Waals surface area contributed by atoms with Crippen LogP contribution in [0.25, 0.3) is 0 Å². The molecule has 2 aliphatic heterocycles. The van der Waals surface area contributed by atoms with Gasteiger partial charge in [0.1, 0.15) is 5.75 Å². The predicted molar refractivity (Wildman–Crippen MR) is 83.0 cm³/mol. The first-order valence-corrected chi connectivity index (χ1v) is 7.55. The largest absolute Gasteiger partial charge is 0.482 e. The SMILES string of the molecule is CN1C(=O)COc2ccc(C(=O)NCC3CCN(C#N)C3)cc21. The van der Waals surface area contributed by atoms with E-state index < -0.39 is 0 Å². The Bertz CT molecular complexity index is 682. The van der Waals surface area contributed by atoms with Crippen molar-refractivity contribution in [2.24, 2.45) is 5.92 Å². The van der Waals surface area contributed by atoms with Crippen LogP contribution in [0.3, 0.4) is 0 Å². The minimum atomic E-state index is -0.186. The zero-order chi connectivity index (χ0) is 16.4. The number of carbonyl (C=O) groups is 2. The molecule has 2 aliphatic rings. The predicted octanol–water partition coefficient (Wildman–Crippen LogP) is 0.575. The topological polar surface area (TPSA) is 85.7 Å². The number of nitrogens with zero attached hydrogens (tertiary/aromatic N) is 3. The van der Waals surface area contributed by atoms with E-state index in [1.165, 1.54) is 4.90 Å². The summed E-state index contributed by atoms with van der Waals surface area (Å²) in [7, 11) is 1.67. The molecule has 3 rings (SSSR count). The van der Waals surface area contributed by atoms with E-state index in [1.54, 1.807) is 30.1 Å². The number of fused-ring (bicyclic) bond motifs is 1. The van der Waals surface area contributed by atoms with E-state index in [4.69, 9.17) is 10.00 Å². The van der Waals surface area contributed by atoms with Gasteiger partial charge < -0.3 is 19.9 Å². The van der Waals surface area contributed by atoms with Crippen LogP contribution < -0.4 is 15.0 Å². The Labute approximate surface area is 134 Å². The van der Waals surface area contributed by atoms with E-state index >= 15 is 0 Å². The fourth-order valence-corrected chi connectivity index (χ4v) is 2.84. The van der Waals surface area contributed by atoms with E-state index in [2.05, 4.69) is 11.5 Å². The smallest absolute Gasteiger partial charge is 0.264 e. The van der Waals surface area contributed by atoms with Crippen molar-refractivity contribution in [3.63, 3.8) is 0 Å². The number of hydrogen-bond donors (Lipinski definition) is 1. The number of nitrogens with one attached hydrogen (secondary N) is 1. The van der Waals surface area contributed by atoms with Crippen LogP contribution in [0.1, 0.15) is 16.8 Å². The highest BCUT2D eigenvalue weighted by atomic mass is 16.5. The molecule has 0 saturated carbocycles. The third-order valence-corrected chi connectivity index (χ3v) is 4.29. The molecule has 0 aromatic heterocycles. The molecule has 1 atom stereocenters. The molecular formula is C16H18N4O3. The number of likely N-dealkylation sites (tertiary alicyclic amines) is 1. The summed E-state index contributed by atoms with van der Waals surface area (Å²) in [5.74, 6) is 0.570. The highest BCUT2D eigenvalue weighted by Gasteiger charge is 2.24. The molecule has 1 N–H and O–H groups in total. The molecule has 1 fully saturated rings. The number of likely N-dealkylation sites (N-methyl/N-ethyl adjacent to an activating group) is 1. The second-order valence-corrected chi connectivity index (χ2v) is 5.83. The molecule has 2 heterocycles. The quantitative estimate of drug-likeness (QED) is 0.825. The highest BCUT2D eigenvalue weighted by molar-refractivity contribution is 6.00. The third kappa shape index (κ3) is 3.06. The molecule has 0 radical (unpaired) electrons. The molecule has 0 bridgehead atoms. The second kappa shape index (κ2) is 6.16. The van der Waals surface area contributed by atoms with E-state index in [1.807, 2.05) is 0 Å². The summed E-state index contributed by atoms with van der Waals surface area (Å²) in [6, 6.07) is 5.06. The molecule has 120 valence electrons. The molecule has 7 heteroatoms. The summed E-state index contributed by atoms with van der Waals surface area (Å²) in [6.07, 6.45) is 3.03. The number of amides is 2. The van der Waals surface area contributed by atoms with Crippen LogP contribution in [0, 0.1) is 17.4 Å². The van der Waals surface area contributed by atoms with Crippen LogP contribution in [-0.2, 0) is 4.79 Å². The summed E-state index contributed by atoms with van der Waals surface area (Å²) < 4.78 is 5.35. The maximum atomic E-state index is 12.3. The van der Waals surface area contributed by atoms with Gasteiger partial charge in [-0.3, -0.25) is 9.59 Å². The second-order valence-electron chi connectivity index (χ2n) is 5.83. The molecule has 0 spiro atoms. The summed E-state index contributed by atoms with van der Waals surface area (Å²) in [6.45, 7) is 2.00. The molecule has 0 aliphatic carbocycles. The fourth-order valence-electron chi connectivity index (χ4n) is 2.84. The minimum Gasteiger partial charge on any atom is -0.482 e. The van der Waals surface area contributed by atoms with E-state index in [0.29, 0.717) is 36.0 Å². The molecule has 23 heavy (non-hydrogen) atoms. The fraction of sp³-hybridized carbons (Fsp3) is 0.438. The first-order chi connectivity index (χ1) is 11.1. The lowest BCUT2D eigenvalue weighted by atomic mass is 10.1.